The van der Waals surface area contributed by atoms with Crippen LogP contribution in [-0.2, 0) is 13.6 Å². The molecule has 1 aromatic carbocycles. The molecule has 0 atom stereocenters. The lowest BCUT2D eigenvalue weighted by atomic mass is 10.2. The summed E-state index contributed by atoms with van der Waals surface area (Å²) in [5, 5.41) is 8.09. The Balaban J connectivity index is 1.93. The monoisotopic (exact) mass is 341 g/mol. The Kier molecular flexibility index (Phi) is 3.48. The second-order valence-corrected chi connectivity index (χ2v) is 5.67. The molecule has 9 heteroatoms. The molecule has 0 spiro atoms. The highest BCUT2D eigenvalue weighted by Crippen LogP contribution is 2.34. The number of hydrogen-bond donors (Lipinski definition) is 0. The predicted molar refractivity (Wildman–Crippen MR) is 88.7 cm³/mol. The average Bonchev–Trinajstić information content (AvgIpc) is 3.10. The molecule has 1 aliphatic rings. The molecule has 0 fully saturated rings. The fourth-order valence-corrected chi connectivity index (χ4v) is 2.75. The second kappa shape index (κ2) is 5.69. The topological polar surface area (TPSA) is 101 Å². The van der Waals surface area contributed by atoms with E-state index in [9.17, 15) is 9.59 Å². The Bertz CT molecular complexity index is 1100. The van der Waals surface area contributed by atoms with E-state index in [0.717, 1.165) is 0 Å². The molecule has 3 aromatic rings. The predicted octanol–water partition coefficient (Wildman–Crippen LogP) is 0.691. The number of fused-ring (bicyclic) bond motifs is 2. The van der Waals surface area contributed by atoms with Crippen molar-refractivity contribution in [2.24, 2.45) is 7.05 Å². The molecule has 0 aliphatic carbocycles. The number of ether oxygens (including phenoxy) is 2. The fraction of sp³-hybridized carbons (Fsp3) is 0.312. The standard InChI is InChI=1S/C16H15N5O4/c1-3-6-21-15(22)12-14(20(2)16(21)23)19-18-13(17-12)9-4-5-10-11(7-9)25-8-24-10/h4-5,7H,3,6,8H2,1-2H3. The van der Waals surface area contributed by atoms with Crippen LogP contribution < -0.4 is 20.7 Å². The molecule has 25 heavy (non-hydrogen) atoms. The number of rotatable bonds is 3. The van der Waals surface area contributed by atoms with Crippen LogP contribution in [0, 0.1) is 0 Å². The fourth-order valence-electron chi connectivity index (χ4n) is 2.75. The maximum absolute atomic E-state index is 12.6. The third-order valence-corrected chi connectivity index (χ3v) is 4.03. The van der Waals surface area contributed by atoms with Crippen molar-refractivity contribution in [3.8, 4) is 22.9 Å². The summed E-state index contributed by atoms with van der Waals surface area (Å²) in [5.74, 6) is 1.51. The molecule has 0 radical (unpaired) electrons. The van der Waals surface area contributed by atoms with Gasteiger partial charge >= 0.3 is 5.69 Å². The van der Waals surface area contributed by atoms with E-state index in [4.69, 9.17) is 9.47 Å². The van der Waals surface area contributed by atoms with Gasteiger partial charge in [0.25, 0.3) is 5.56 Å². The van der Waals surface area contributed by atoms with Crippen molar-refractivity contribution in [3.63, 3.8) is 0 Å². The van der Waals surface area contributed by atoms with Crippen LogP contribution >= 0.6 is 0 Å². The van der Waals surface area contributed by atoms with E-state index >= 15 is 0 Å². The Morgan fingerprint density at radius 3 is 2.76 bits per heavy atom. The van der Waals surface area contributed by atoms with Crippen LogP contribution in [0.5, 0.6) is 11.5 Å². The number of hydrogen-bond acceptors (Lipinski definition) is 7. The first kappa shape index (κ1) is 15.3. The lowest BCUT2D eigenvalue weighted by Gasteiger charge is -2.09. The largest absolute Gasteiger partial charge is 0.454 e. The Labute approximate surface area is 141 Å². The summed E-state index contributed by atoms with van der Waals surface area (Å²) < 4.78 is 13.1. The van der Waals surface area contributed by atoms with Crippen molar-refractivity contribution in [1.29, 1.82) is 0 Å². The first-order valence-corrected chi connectivity index (χ1v) is 7.84. The van der Waals surface area contributed by atoms with Gasteiger partial charge in [-0.2, -0.15) is 0 Å². The Morgan fingerprint density at radius 2 is 1.96 bits per heavy atom. The number of benzene rings is 1. The average molecular weight is 341 g/mol. The van der Waals surface area contributed by atoms with Gasteiger partial charge in [-0.25, -0.2) is 9.78 Å². The van der Waals surface area contributed by atoms with E-state index < -0.39 is 11.2 Å². The molecular formula is C16H15N5O4. The summed E-state index contributed by atoms with van der Waals surface area (Å²) in [6.07, 6.45) is 0.661. The Morgan fingerprint density at radius 1 is 1.16 bits per heavy atom. The highest BCUT2D eigenvalue weighted by Gasteiger charge is 2.18. The quantitative estimate of drug-likeness (QED) is 0.691. The summed E-state index contributed by atoms with van der Waals surface area (Å²) in [5.41, 5.74) is 0.0298. The molecule has 1 aliphatic heterocycles. The third kappa shape index (κ3) is 2.35. The van der Waals surface area contributed by atoms with Gasteiger partial charge in [0.2, 0.25) is 6.79 Å². The molecule has 0 amide bonds. The van der Waals surface area contributed by atoms with Gasteiger partial charge in [0.15, 0.2) is 28.5 Å². The van der Waals surface area contributed by atoms with Crippen LogP contribution in [0.25, 0.3) is 22.6 Å². The van der Waals surface area contributed by atoms with E-state index in [1.165, 1.54) is 9.13 Å². The summed E-state index contributed by atoms with van der Waals surface area (Å²) >= 11 is 0. The van der Waals surface area contributed by atoms with Crippen LogP contribution in [0.15, 0.2) is 27.8 Å². The Hall–Kier alpha value is -3.23. The maximum Gasteiger partial charge on any atom is 0.332 e. The number of nitrogens with zero attached hydrogens (tertiary/aromatic N) is 5. The molecule has 0 unspecified atom stereocenters. The van der Waals surface area contributed by atoms with Gasteiger partial charge < -0.3 is 9.47 Å². The molecule has 0 bridgehead atoms. The van der Waals surface area contributed by atoms with Gasteiger partial charge in [0, 0.05) is 19.2 Å². The zero-order chi connectivity index (χ0) is 17.6. The minimum atomic E-state index is -0.461. The van der Waals surface area contributed by atoms with E-state index in [1.807, 2.05) is 6.92 Å². The molecule has 4 rings (SSSR count). The van der Waals surface area contributed by atoms with Crippen LogP contribution in [0.3, 0.4) is 0 Å². The molecule has 0 N–H and O–H groups in total. The minimum Gasteiger partial charge on any atom is -0.454 e. The molecular weight excluding hydrogens is 326 g/mol. The summed E-state index contributed by atoms with van der Waals surface area (Å²) in [6, 6.07) is 5.25. The van der Waals surface area contributed by atoms with Crippen LogP contribution in [0.1, 0.15) is 13.3 Å². The van der Waals surface area contributed by atoms with Crippen molar-refractivity contribution in [2.75, 3.05) is 6.79 Å². The molecule has 9 nitrogen and oxygen atoms in total. The first-order valence-electron chi connectivity index (χ1n) is 7.84. The van der Waals surface area contributed by atoms with Gasteiger partial charge in [0.1, 0.15) is 0 Å². The van der Waals surface area contributed by atoms with Gasteiger partial charge in [-0.15, -0.1) is 10.2 Å². The number of aromatic nitrogens is 5. The van der Waals surface area contributed by atoms with E-state index in [-0.39, 0.29) is 23.8 Å². The van der Waals surface area contributed by atoms with E-state index in [0.29, 0.717) is 30.0 Å². The van der Waals surface area contributed by atoms with Crippen molar-refractivity contribution < 1.29 is 9.47 Å². The van der Waals surface area contributed by atoms with E-state index in [2.05, 4.69) is 15.2 Å². The zero-order valence-electron chi connectivity index (χ0n) is 13.7. The summed E-state index contributed by atoms with van der Waals surface area (Å²) in [6.45, 7) is 2.39. The van der Waals surface area contributed by atoms with Gasteiger partial charge in [-0.05, 0) is 24.6 Å². The van der Waals surface area contributed by atoms with E-state index in [1.54, 1.807) is 25.2 Å². The maximum atomic E-state index is 12.6. The highest BCUT2D eigenvalue weighted by molar-refractivity contribution is 5.71. The van der Waals surface area contributed by atoms with Crippen LogP contribution in [0.4, 0.5) is 0 Å². The molecule has 128 valence electrons. The summed E-state index contributed by atoms with van der Waals surface area (Å²) in [7, 11) is 1.55. The smallest absolute Gasteiger partial charge is 0.332 e. The van der Waals surface area contributed by atoms with Crippen LogP contribution in [0.2, 0.25) is 0 Å². The third-order valence-electron chi connectivity index (χ3n) is 4.03. The van der Waals surface area contributed by atoms with Crippen molar-refractivity contribution >= 4 is 11.2 Å². The van der Waals surface area contributed by atoms with Crippen LogP contribution in [-0.4, -0.2) is 31.1 Å². The SMILES string of the molecule is CCCn1c(=O)c2nc(-c3ccc4c(c3)OCO4)nnc2n(C)c1=O. The lowest BCUT2D eigenvalue weighted by Crippen LogP contribution is -2.39. The van der Waals surface area contributed by atoms with Gasteiger partial charge in [-0.3, -0.25) is 13.9 Å². The van der Waals surface area contributed by atoms with Gasteiger partial charge in [-0.1, -0.05) is 6.92 Å². The second-order valence-electron chi connectivity index (χ2n) is 5.67. The molecule has 3 heterocycles. The molecule has 0 saturated heterocycles. The van der Waals surface area contributed by atoms with Crippen molar-refractivity contribution in [3.05, 3.63) is 39.0 Å². The molecule has 0 saturated carbocycles. The number of aryl methyl sites for hydroxylation is 1. The highest BCUT2D eigenvalue weighted by atomic mass is 16.7. The van der Waals surface area contributed by atoms with Gasteiger partial charge in [0.05, 0.1) is 0 Å². The lowest BCUT2D eigenvalue weighted by molar-refractivity contribution is 0.174. The van der Waals surface area contributed by atoms with Crippen molar-refractivity contribution in [2.45, 2.75) is 19.9 Å². The zero-order valence-corrected chi connectivity index (χ0v) is 13.7. The normalized spacial score (nSPS) is 12.7. The summed E-state index contributed by atoms with van der Waals surface area (Å²) in [4.78, 5) is 29.3. The minimum absolute atomic E-state index is 0.109. The van der Waals surface area contributed by atoms with Crippen molar-refractivity contribution in [1.82, 2.24) is 24.3 Å². The molecule has 2 aromatic heterocycles. The first-order chi connectivity index (χ1) is 12.1.